The highest BCUT2D eigenvalue weighted by molar-refractivity contribution is 5.79. The lowest BCUT2D eigenvalue weighted by atomic mass is 9.94. The standard InChI is InChI=1S/C16H26N4O2/c1-3-12(2)14(11-21)19-15(22)13-5-9-20(10-6-13)16-17-7-4-8-18-16/h4,7-8,12-14,21H,3,5-6,9-11H2,1-2H3,(H,19,22)/t12-,14+/m1/s1. The Hall–Kier alpha value is -1.69. The van der Waals surface area contributed by atoms with Crippen LogP contribution < -0.4 is 10.2 Å². The van der Waals surface area contributed by atoms with Crippen LogP contribution >= 0.6 is 0 Å². The number of aliphatic hydroxyl groups is 1. The van der Waals surface area contributed by atoms with Gasteiger partial charge < -0.3 is 15.3 Å². The van der Waals surface area contributed by atoms with Crippen molar-refractivity contribution in [3.8, 4) is 0 Å². The molecule has 0 spiro atoms. The molecule has 122 valence electrons. The first-order chi connectivity index (χ1) is 10.7. The molecule has 1 aromatic heterocycles. The summed E-state index contributed by atoms with van der Waals surface area (Å²) in [5.41, 5.74) is 0. The van der Waals surface area contributed by atoms with E-state index in [9.17, 15) is 9.90 Å². The van der Waals surface area contributed by atoms with Gasteiger partial charge in [-0.3, -0.25) is 4.79 Å². The van der Waals surface area contributed by atoms with Gasteiger partial charge in [0.2, 0.25) is 11.9 Å². The van der Waals surface area contributed by atoms with Crippen molar-refractivity contribution in [1.82, 2.24) is 15.3 Å². The van der Waals surface area contributed by atoms with Crippen molar-refractivity contribution >= 4 is 11.9 Å². The Morgan fingerprint density at radius 3 is 2.59 bits per heavy atom. The maximum Gasteiger partial charge on any atom is 0.225 e. The lowest BCUT2D eigenvalue weighted by molar-refractivity contribution is -0.127. The fraction of sp³-hybridized carbons (Fsp3) is 0.688. The van der Waals surface area contributed by atoms with E-state index in [1.165, 1.54) is 0 Å². The van der Waals surface area contributed by atoms with Crippen LogP contribution in [0.15, 0.2) is 18.5 Å². The van der Waals surface area contributed by atoms with E-state index in [0.717, 1.165) is 38.3 Å². The summed E-state index contributed by atoms with van der Waals surface area (Å²) in [5, 5.41) is 12.4. The first kappa shape index (κ1) is 16.7. The average molecular weight is 306 g/mol. The Bertz CT molecular complexity index is 460. The molecule has 0 aromatic carbocycles. The summed E-state index contributed by atoms with van der Waals surface area (Å²) in [7, 11) is 0. The number of aliphatic hydroxyl groups excluding tert-OH is 1. The van der Waals surface area contributed by atoms with Gasteiger partial charge in [-0.1, -0.05) is 20.3 Å². The number of amides is 1. The van der Waals surface area contributed by atoms with E-state index in [4.69, 9.17) is 0 Å². The molecule has 22 heavy (non-hydrogen) atoms. The summed E-state index contributed by atoms with van der Waals surface area (Å²) in [6, 6.07) is 1.65. The van der Waals surface area contributed by atoms with E-state index < -0.39 is 0 Å². The Balaban J connectivity index is 1.84. The highest BCUT2D eigenvalue weighted by atomic mass is 16.3. The highest BCUT2D eigenvalue weighted by Gasteiger charge is 2.28. The SMILES string of the molecule is CC[C@@H](C)[C@H](CO)NC(=O)C1CCN(c2ncccn2)CC1. The van der Waals surface area contributed by atoms with Gasteiger partial charge in [0.15, 0.2) is 0 Å². The van der Waals surface area contributed by atoms with Gasteiger partial charge in [0.05, 0.1) is 12.6 Å². The van der Waals surface area contributed by atoms with Crippen LogP contribution in [0.2, 0.25) is 0 Å². The fourth-order valence-corrected chi connectivity index (χ4v) is 2.75. The first-order valence-corrected chi connectivity index (χ1v) is 8.08. The fourth-order valence-electron chi connectivity index (χ4n) is 2.75. The van der Waals surface area contributed by atoms with E-state index in [1.54, 1.807) is 18.5 Å². The van der Waals surface area contributed by atoms with Crippen molar-refractivity contribution in [1.29, 1.82) is 0 Å². The van der Waals surface area contributed by atoms with Gasteiger partial charge >= 0.3 is 0 Å². The third kappa shape index (κ3) is 4.16. The monoisotopic (exact) mass is 306 g/mol. The largest absolute Gasteiger partial charge is 0.394 e. The zero-order valence-electron chi connectivity index (χ0n) is 13.4. The van der Waals surface area contributed by atoms with E-state index >= 15 is 0 Å². The van der Waals surface area contributed by atoms with Crippen molar-refractivity contribution in [3.05, 3.63) is 18.5 Å². The molecule has 0 aliphatic carbocycles. The molecule has 1 aromatic rings. The van der Waals surface area contributed by atoms with Crippen LogP contribution in [0, 0.1) is 11.8 Å². The molecule has 2 N–H and O–H groups in total. The van der Waals surface area contributed by atoms with Crippen LogP contribution in [0.1, 0.15) is 33.1 Å². The molecule has 0 unspecified atom stereocenters. The van der Waals surface area contributed by atoms with Crippen LogP contribution in [-0.4, -0.2) is 46.7 Å². The van der Waals surface area contributed by atoms with E-state index in [-0.39, 0.29) is 30.4 Å². The average Bonchev–Trinajstić information content (AvgIpc) is 2.59. The van der Waals surface area contributed by atoms with Crippen LogP contribution in [0.25, 0.3) is 0 Å². The molecule has 2 rings (SSSR count). The van der Waals surface area contributed by atoms with E-state index in [1.807, 2.05) is 0 Å². The van der Waals surface area contributed by atoms with Crippen LogP contribution in [0.4, 0.5) is 5.95 Å². The van der Waals surface area contributed by atoms with E-state index in [2.05, 4.69) is 34.0 Å². The summed E-state index contributed by atoms with van der Waals surface area (Å²) in [5.74, 6) is 1.09. The lowest BCUT2D eigenvalue weighted by Crippen LogP contribution is -2.47. The molecule has 0 radical (unpaired) electrons. The second kappa shape index (κ2) is 8.08. The molecule has 1 amide bonds. The molecule has 2 atom stereocenters. The third-order valence-corrected chi connectivity index (χ3v) is 4.56. The van der Waals surface area contributed by atoms with Crippen LogP contribution in [0.3, 0.4) is 0 Å². The number of piperidine rings is 1. The first-order valence-electron chi connectivity index (χ1n) is 8.08. The molecule has 1 saturated heterocycles. The van der Waals surface area contributed by atoms with Crippen LogP contribution in [-0.2, 0) is 4.79 Å². The molecular weight excluding hydrogens is 280 g/mol. The topological polar surface area (TPSA) is 78.4 Å². The van der Waals surface area contributed by atoms with Crippen molar-refractivity contribution < 1.29 is 9.90 Å². The maximum atomic E-state index is 12.4. The molecule has 6 nitrogen and oxygen atoms in total. The Labute approximate surface area is 132 Å². The summed E-state index contributed by atoms with van der Waals surface area (Å²) >= 11 is 0. The number of hydrogen-bond donors (Lipinski definition) is 2. The molecule has 6 heteroatoms. The molecule has 2 heterocycles. The number of rotatable bonds is 6. The van der Waals surface area contributed by atoms with Gasteiger partial charge in [0.1, 0.15) is 0 Å². The number of aromatic nitrogens is 2. The van der Waals surface area contributed by atoms with Crippen molar-refractivity contribution in [3.63, 3.8) is 0 Å². The van der Waals surface area contributed by atoms with Gasteiger partial charge in [-0.05, 0) is 24.8 Å². The number of carbonyl (C=O) groups excluding carboxylic acids is 1. The number of hydrogen-bond acceptors (Lipinski definition) is 5. The number of nitrogens with zero attached hydrogens (tertiary/aromatic N) is 3. The Morgan fingerprint density at radius 2 is 2.05 bits per heavy atom. The van der Waals surface area contributed by atoms with Gasteiger partial charge in [0.25, 0.3) is 0 Å². The molecule has 0 saturated carbocycles. The third-order valence-electron chi connectivity index (χ3n) is 4.56. The zero-order chi connectivity index (χ0) is 15.9. The highest BCUT2D eigenvalue weighted by Crippen LogP contribution is 2.21. The molecule has 1 aliphatic rings. The van der Waals surface area contributed by atoms with Gasteiger partial charge in [-0.15, -0.1) is 0 Å². The smallest absolute Gasteiger partial charge is 0.225 e. The zero-order valence-corrected chi connectivity index (χ0v) is 13.4. The molecule has 1 fully saturated rings. The normalized spacial score (nSPS) is 18.8. The van der Waals surface area contributed by atoms with Gasteiger partial charge in [-0.2, -0.15) is 0 Å². The number of carbonyl (C=O) groups is 1. The van der Waals surface area contributed by atoms with E-state index in [0.29, 0.717) is 0 Å². The number of nitrogens with one attached hydrogen (secondary N) is 1. The maximum absolute atomic E-state index is 12.4. The molecule has 0 bridgehead atoms. The van der Waals surface area contributed by atoms with Gasteiger partial charge in [-0.25, -0.2) is 9.97 Å². The minimum Gasteiger partial charge on any atom is -0.394 e. The second-order valence-corrected chi connectivity index (χ2v) is 5.99. The van der Waals surface area contributed by atoms with Gasteiger partial charge in [0, 0.05) is 31.4 Å². The summed E-state index contributed by atoms with van der Waals surface area (Å²) in [6.45, 7) is 5.69. The lowest BCUT2D eigenvalue weighted by Gasteiger charge is -2.32. The summed E-state index contributed by atoms with van der Waals surface area (Å²) in [4.78, 5) is 23.0. The minimum absolute atomic E-state index is 0.00253. The minimum atomic E-state index is -0.145. The molecular formula is C16H26N4O2. The summed E-state index contributed by atoms with van der Waals surface area (Å²) in [6.07, 6.45) is 6.00. The van der Waals surface area contributed by atoms with Crippen molar-refractivity contribution in [2.75, 3.05) is 24.6 Å². The Morgan fingerprint density at radius 1 is 1.41 bits per heavy atom. The van der Waals surface area contributed by atoms with Crippen molar-refractivity contribution in [2.24, 2.45) is 11.8 Å². The predicted molar refractivity (Wildman–Crippen MR) is 85.4 cm³/mol. The van der Waals surface area contributed by atoms with Crippen LogP contribution in [0.5, 0.6) is 0 Å². The molecule has 1 aliphatic heterocycles. The number of anilines is 1. The van der Waals surface area contributed by atoms with Crippen molar-refractivity contribution in [2.45, 2.75) is 39.2 Å². The Kier molecular flexibility index (Phi) is 6.12. The quantitative estimate of drug-likeness (QED) is 0.826. The summed E-state index contributed by atoms with van der Waals surface area (Å²) < 4.78 is 0. The predicted octanol–water partition coefficient (Wildman–Crippen LogP) is 1.22. The second-order valence-electron chi connectivity index (χ2n) is 5.99.